The fourth-order valence-electron chi connectivity index (χ4n) is 1.38. The SMILES string of the molecule is COC(COCCNCc1ccccc1)OC. The van der Waals surface area contributed by atoms with Crippen molar-refractivity contribution in [2.24, 2.45) is 0 Å². The predicted octanol–water partition coefficient (Wildman–Crippen LogP) is 1.41. The van der Waals surface area contributed by atoms with E-state index in [9.17, 15) is 0 Å². The molecule has 0 unspecified atom stereocenters. The van der Waals surface area contributed by atoms with Crippen LogP contribution < -0.4 is 5.32 Å². The summed E-state index contributed by atoms with van der Waals surface area (Å²) in [6, 6.07) is 10.3. The van der Waals surface area contributed by atoms with Crippen LogP contribution in [0.5, 0.6) is 0 Å². The molecule has 0 aromatic heterocycles. The summed E-state index contributed by atoms with van der Waals surface area (Å²) in [5.41, 5.74) is 1.28. The van der Waals surface area contributed by atoms with Crippen molar-refractivity contribution in [3.05, 3.63) is 35.9 Å². The van der Waals surface area contributed by atoms with Crippen molar-refractivity contribution in [3.8, 4) is 0 Å². The lowest BCUT2D eigenvalue weighted by Gasteiger charge is -2.13. The van der Waals surface area contributed by atoms with Gasteiger partial charge in [-0.2, -0.15) is 0 Å². The minimum absolute atomic E-state index is 0.274. The van der Waals surface area contributed by atoms with Crippen molar-refractivity contribution < 1.29 is 14.2 Å². The Bertz CT molecular complexity index is 275. The number of hydrogen-bond acceptors (Lipinski definition) is 4. The zero-order valence-electron chi connectivity index (χ0n) is 10.5. The third-order valence-corrected chi connectivity index (χ3v) is 2.37. The minimum atomic E-state index is -0.274. The summed E-state index contributed by atoms with van der Waals surface area (Å²) in [4.78, 5) is 0. The fourth-order valence-corrected chi connectivity index (χ4v) is 1.38. The van der Waals surface area contributed by atoms with Crippen molar-refractivity contribution in [1.29, 1.82) is 0 Å². The van der Waals surface area contributed by atoms with Gasteiger partial charge in [-0.1, -0.05) is 30.3 Å². The molecule has 0 atom stereocenters. The molecule has 0 amide bonds. The third-order valence-electron chi connectivity index (χ3n) is 2.37. The second kappa shape index (κ2) is 9.13. The number of ether oxygens (including phenoxy) is 3. The summed E-state index contributed by atoms with van der Waals surface area (Å²) in [6.45, 7) is 2.79. The predicted molar refractivity (Wildman–Crippen MR) is 66.8 cm³/mol. The molecule has 0 aliphatic rings. The van der Waals surface area contributed by atoms with Crippen molar-refractivity contribution in [2.75, 3.05) is 34.0 Å². The molecule has 0 aliphatic heterocycles. The highest BCUT2D eigenvalue weighted by molar-refractivity contribution is 5.14. The van der Waals surface area contributed by atoms with Crippen LogP contribution in [0.2, 0.25) is 0 Å². The first-order valence-electron chi connectivity index (χ1n) is 5.74. The Balaban J connectivity index is 1.98. The maximum Gasteiger partial charge on any atom is 0.180 e. The summed E-state index contributed by atoms with van der Waals surface area (Å²) in [5.74, 6) is 0. The van der Waals surface area contributed by atoms with E-state index >= 15 is 0 Å². The molecule has 0 bridgehead atoms. The van der Waals surface area contributed by atoms with E-state index in [1.54, 1.807) is 14.2 Å². The molecule has 1 N–H and O–H groups in total. The van der Waals surface area contributed by atoms with Gasteiger partial charge in [-0.25, -0.2) is 0 Å². The van der Waals surface area contributed by atoms with E-state index in [4.69, 9.17) is 14.2 Å². The average molecular weight is 239 g/mol. The number of rotatable bonds is 9. The van der Waals surface area contributed by atoms with E-state index < -0.39 is 0 Å². The quantitative estimate of drug-likeness (QED) is 0.522. The van der Waals surface area contributed by atoms with Gasteiger partial charge >= 0.3 is 0 Å². The molecule has 0 heterocycles. The van der Waals surface area contributed by atoms with Crippen LogP contribution in [-0.4, -0.2) is 40.3 Å². The van der Waals surface area contributed by atoms with E-state index in [0.29, 0.717) is 13.2 Å². The van der Waals surface area contributed by atoms with Gasteiger partial charge in [0.1, 0.15) is 0 Å². The van der Waals surface area contributed by atoms with Gasteiger partial charge in [0, 0.05) is 27.3 Å². The zero-order chi connectivity index (χ0) is 12.3. The molecule has 0 fully saturated rings. The van der Waals surface area contributed by atoms with Gasteiger partial charge in [-0.3, -0.25) is 0 Å². The summed E-state index contributed by atoms with van der Waals surface area (Å²) < 4.78 is 15.4. The van der Waals surface area contributed by atoms with Crippen molar-refractivity contribution in [1.82, 2.24) is 5.32 Å². The molecule has 1 aromatic carbocycles. The van der Waals surface area contributed by atoms with Crippen LogP contribution >= 0.6 is 0 Å². The van der Waals surface area contributed by atoms with Gasteiger partial charge < -0.3 is 19.5 Å². The van der Waals surface area contributed by atoms with Crippen LogP contribution in [0.1, 0.15) is 5.56 Å². The zero-order valence-corrected chi connectivity index (χ0v) is 10.5. The van der Waals surface area contributed by atoms with Crippen LogP contribution in [-0.2, 0) is 20.8 Å². The second-order valence-corrected chi connectivity index (χ2v) is 3.64. The van der Waals surface area contributed by atoms with Crippen LogP contribution in [0.15, 0.2) is 30.3 Å². The Morgan fingerprint density at radius 3 is 2.47 bits per heavy atom. The highest BCUT2D eigenvalue weighted by Gasteiger charge is 2.03. The highest BCUT2D eigenvalue weighted by atomic mass is 16.7. The van der Waals surface area contributed by atoms with E-state index in [0.717, 1.165) is 13.1 Å². The van der Waals surface area contributed by atoms with Gasteiger partial charge in [-0.15, -0.1) is 0 Å². The topological polar surface area (TPSA) is 39.7 Å². The summed E-state index contributed by atoms with van der Waals surface area (Å²) >= 11 is 0. The van der Waals surface area contributed by atoms with Crippen LogP contribution in [0.4, 0.5) is 0 Å². The van der Waals surface area contributed by atoms with E-state index in [2.05, 4.69) is 17.4 Å². The minimum Gasteiger partial charge on any atom is -0.375 e. The monoisotopic (exact) mass is 239 g/mol. The highest BCUT2D eigenvalue weighted by Crippen LogP contribution is 1.96. The summed E-state index contributed by atoms with van der Waals surface area (Å²) in [7, 11) is 3.20. The Morgan fingerprint density at radius 1 is 1.12 bits per heavy atom. The van der Waals surface area contributed by atoms with Gasteiger partial charge in [0.25, 0.3) is 0 Å². The standard InChI is InChI=1S/C13H21NO3/c1-15-13(16-2)11-17-9-8-14-10-12-6-4-3-5-7-12/h3-7,13-14H,8-11H2,1-2H3. The average Bonchev–Trinajstić information content (AvgIpc) is 2.39. The maximum absolute atomic E-state index is 5.40. The number of nitrogens with one attached hydrogen (secondary N) is 1. The van der Waals surface area contributed by atoms with Gasteiger partial charge in [0.15, 0.2) is 6.29 Å². The molecule has 0 aliphatic carbocycles. The molecule has 1 aromatic rings. The molecule has 17 heavy (non-hydrogen) atoms. The largest absolute Gasteiger partial charge is 0.375 e. The third kappa shape index (κ3) is 6.38. The molecular formula is C13H21NO3. The number of benzene rings is 1. The Kier molecular flexibility index (Phi) is 7.58. The van der Waals surface area contributed by atoms with Crippen molar-refractivity contribution >= 4 is 0 Å². The Morgan fingerprint density at radius 2 is 1.82 bits per heavy atom. The van der Waals surface area contributed by atoms with E-state index in [1.807, 2.05) is 18.2 Å². The molecule has 1 rings (SSSR count). The molecule has 0 saturated carbocycles. The molecular weight excluding hydrogens is 218 g/mol. The molecule has 0 radical (unpaired) electrons. The fraction of sp³-hybridized carbons (Fsp3) is 0.538. The van der Waals surface area contributed by atoms with Gasteiger partial charge in [0.05, 0.1) is 13.2 Å². The Hall–Kier alpha value is -0.940. The first kappa shape index (κ1) is 14.1. The lowest BCUT2D eigenvalue weighted by atomic mass is 10.2. The molecule has 96 valence electrons. The molecule has 4 nitrogen and oxygen atoms in total. The van der Waals surface area contributed by atoms with Gasteiger partial charge in [-0.05, 0) is 5.56 Å². The summed E-state index contributed by atoms with van der Waals surface area (Å²) in [6.07, 6.45) is -0.274. The number of hydrogen-bond donors (Lipinski definition) is 1. The molecule has 0 saturated heterocycles. The lowest BCUT2D eigenvalue weighted by Crippen LogP contribution is -2.24. The van der Waals surface area contributed by atoms with Crippen LogP contribution in [0.25, 0.3) is 0 Å². The molecule has 4 heteroatoms. The van der Waals surface area contributed by atoms with Crippen LogP contribution in [0.3, 0.4) is 0 Å². The first-order valence-corrected chi connectivity index (χ1v) is 5.74. The molecule has 0 spiro atoms. The second-order valence-electron chi connectivity index (χ2n) is 3.64. The first-order chi connectivity index (χ1) is 8.36. The summed E-state index contributed by atoms with van der Waals surface area (Å²) in [5, 5.41) is 3.30. The van der Waals surface area contributed by atoms with Crippen molar-refractivity contribution in [3.63, 3.8) is 0 Å². The van der Waals surface area contributed by atoms with Crippen LogP contribution in [0, 0.1) is 0 Å². The normalized spacial score (nSPS) is 11.0. The Labute approximate surface area is 103 Å². The van der Waals surface area contributed by atoms with E-state index in [1.165, 1.54) is 5.56 Å². The van der Waals surface area contributed by atoms with E-state index in [-0.39, 0.29) is 6.29 Å². The van der Waals surface area contributed by atoms with Crippen molar-refractivity contribution in [2.45, 2.75) is 12.8 Å². The smallest absolute Gasteiger partial charge is 0.180 e. The maximum atomic E-state index is 5.40. The van der Waals surface area contributed by atoms with Gasteiger partial charge in [0.2, 0.25) is 0 Å². The number of methoxy groups -OCH3 is 2. The lowest BCUT2D eigenvalue weighted by molar-refractivity contribution is -0.139.